The van der Waals surface area contributed by atoms with Crippen LogP contribution in [0.15, 0.2) is 30.6 Å². The van der Waals surface area contributed by atoms with Crippen LogP contribution >= 0.6 is 0 Å². The van der Waals surface area contributed by atoms with Crippen molar-refractivity contribution in [2.75, 3.05) is 6.54 Å². The molecule has 3 heterocycles. The summed E-state index contributed by atoms with van der Waals surface area (Å²) in [6.07, 6.45) is 3.84. The molecule has 1 N–H and O–H groups in total. The van der Waals surface area contributed by atoms with Crippen LogP contribution in [0, 0.1) is 5.92 Å². The Hall–Kier alpha value is -2.70. The molecule has 0 saturated heterocycles. The first kappa shape index (κ1) is 18.1. The molecular weight excluding hydrogens is 330 g/mol. The summed E-state index contributed by atoms with van der Waals surface area (Å²) in [5, 5.41) is 2.87. The van der Waals surface area contributed by atoms with Crippen molar-refractivity contribution in [2.45, 2.75) is 46.3 Å². The number of hydrogen-bond donors (Lipinski definition) is 1. The van der Waals surface area contributed by atoms with Gasteiger partial charge in [-0.25, -0.2) is 4.98 Å². The summed E-state index contributed by atoms with van der Waals surface area (Å²) >= 11 is 0. The van der Waals surface area contributed by atoms with Gasteiger partial charge in [-0.3, -0.25) is 14.6 Å². The molecule has 2 aromatic rings. The number of imidazole rings is 1. The largest absolute Gasteiger partial charge is 0.350 e. The van der Waals surface area contributed by atoms with Gasteiger partial charge in [0.05, 0.1) is 30.4 Å². The van der Waals surface area contributed by atoms with Gasteiger partial charge < -0.3 is 14.8 Å². The molecule has 0 saturated carbocycles. The molecule has 26 heavy (non-hydrogen) atoms. The van der Waals surface area contributed by atoms with E-state index >= 15 is 0 Å². The summed E-state index contributed by atoms with van der Waals surface area (Å²) in [6.45, 7) is 7.60. The average molecular weight is 355 g/mol. The Labute approximate surface area is 153 Å². The van der Waals surface area contributed by atoms with Crippen LogP contribution < -0.4 is 5.32 Å². The maximum atomic E-state index is 12.3. The average Bonchev–Trinajstić information content (AvgIpc) is 3.04. The number of amides is 2. The van der Waals surface area contributed by atoms with Gasteiger partial charge in [-0.15, -0.1) is 0 Å². The highest BCUT2D eigenvalue weighted by Gasteiger charge is 2.30. The molecule has 0 aromatic carbocycles. The van der Waals surface area contributed by atoms with E-state index in [1.807, 2.05) is 50.1 Å². The van der Waals surface area contributed by atoms with Crippen LogP contribution in [0.25, 0.3) is 0 Å². The fourth-order valence-corrected chi connectivity index (χ4v) is 3.18. The minimum absolute atomic E-state index is 0.0317. The zero-order chi connectivity index (χ0) is 18.7. The molecule has 138 valence electrons. The highest BCUT2D eigenvalue weighted by molar-refractivity contribution is 5.79. The predicted octanol–water partition coefficient (Wildman–Crippen LogP) is 1.70. The van der Waals surface area contributed by atoms with E-state index in [1.54, 1.807) is 6.20 Å². The second-order valence-corrected chi connectivity index (χ2v) is 6.92. The summed E-state index contributed by atoms with van der Waals surface area (Å²) < 4.78 is 2.05. The van der Waals surface area contributed by atoms with Crippen LogP contribution in [0.2, 0.25) is 0 Å². The zero-order valence-corrected chi connectivity index (χ0v) is 15.5. The van der Waals surface area contributed by atoms with E-state index < -0.39 is 0 Å². The van der Waals surface area contributed by atoms with Crippen molar-refractivity contribution in [3.63, 3.8) is 0 Å². The number of pyridine rings is 1. The Morgan fingerprint density at radius 2 is 2.08 bits per heavy atom. The lowest BCUT2D eigenvalue weighted by atomic mass is 10.1. The number of carbonyl (C=O) groups is 2. The fraction of sp³-hybridized carbons (Fsp3) is 0.474. The third kappa shape index (κ3) is 3.92. The highest BCUT2D eigenvalue weighted by Crippen LogP contribution is 2.26. The van der Waals surface area contributed by atoms with E-state index in [-0.39, 0.29) is 30.2 Å². The second-order valence-electron chi connectivity index (χ2n) is 6.92. The van der Waals surface area contributed by atoms with E-state index in [4.69, 9.17) is 0 Å². The lowest BCUT2D eigenvalue weighted by Gasteiger charge is -2.34. The molecule has 0 radical (unpaired) electrons. The second kappa shape index (κ2) is 7.68. The number of rotatable bonds is 5. The van der Waals surface area contributed by atoms with Gasteiger partial charge in [0.1, 0.15) is 5.82 Å². The molecular formula is C19H25N5O2. The molecule has 7 heteroatoms. The molecule has 0 fully saturated rings. The van der Waals surface area contributed by atoms with Gasteiger partial charge in [-0.2, -0.15) is 0 Å². The monoisotopic (exact) mass is 355 g/mol. The van der Waals surface area contributed by atoms with E-state index in [0.717, 1.165) is 17.2 Å². The normalized spacial score (nSPS) is 16.5. The smallest absolute Gasteiger partial charge is 0.226 e. The molecule has 1 atom stereocenters. The third-order valence-electron chi connectivity index (χ3n) is 4.59. The third-order valence-corrected chi connectivity index (χ3v) is 4.59. The molecule has 7 nitrogen and oxygen atoms in total. The molecule has 2 aromatic heterocycles. The summed E-state index contributed by atoms with van der Waals surface area (Å²) in [5.74, 6) is 0.865. The van der Waals surface area contributed by atoms with Crippen LogP contribution in [0.5, 0.6) is 0 Å². The predicted molar refractivity (Wildman–Crippen MR) is 97.0 cm³/mol. The Morgan fingerprint density at radius 1 is 1.27 bits per heavy atom. The summed E-state index contributed by atoms with van der Waals surface area (Å²) in [4.78, 5) is 35.2. The maximum absolute atomic E-state index is 12.3. The van der Waals surface area contributed by atoms with Gasteiger partial charge in [0.2, 0.25) is 11.8 Å². The maximum Gasteiger partial charge on any atom is 0.226 e. The number of nitrogens with zero attached hydrogens (tertiary/aromatic N) is 4. The molecule has 3 rings (SSSR count). The summed E-state index contributed by atoms with van der Waals surface area (Å²) in [5.41, 5.74) is 1.55. The molecule has 2 amide bonds. The quantitative estimate of drug-likeness (QED) is 0.885. The van der Waals surface area contributed by atoms with E-state index in [9.17, 15) is 9.59 Å². The van der Waals surface area contributed by atoms with Gasteiger partial charge >= 0.3 is 0 Å². The first-order valence-electron chi connectivity index (χ1n) is 8.98. The number of aromatic nitrogens is 3. The van der Waals surface area contributed by atoms with Crippen molar-refractivity contribution in [1.82, 2.24) is 24.8 Å². The van der Waals surface area contributed by atoms with Gasteiger partial charge in [-0.1, -0.05) is 19.9 Å². The van der Waals surface area contributed by atoms with Crippen molar-refractivity contribution < 1.29 is 9.59 Å². The number of fused-ring (bicyclic) bond motifs is 1. The zero-order valence-electron chi connectivity index (χ0n) is 15.5. The van der Waals surface area contributed by atoms with Crippen molar-refractivity contribution >= 4 is 11.8 Å². The molecule has 1 aliphatic heterocycles. The highest BCUT2D eigenvalue weighted by atomic mass is 16.2. The van der Waals surface area contributed by atoms with Crippen molar-refractivity contribution in [1.29, 1.82) is 0 Å². The fourth-order valence-electron chi connectivity index (χ4n) is 3.18. The Balaban J connectivity index is 1.62. The lowest BCUT2D eigenvalue weighted by Crippen LogP contribution is -2.42. The van der Waals surface area contributed by atoms with Crippen LogP contribution in [-0.2, 0) is 29.1 Å². The molecule has 1 aliphatic rings. The first-order valence-corrected chi connectivity index (χ1v) is 8.98. The Morgan fingerprint density at radius 3 is 2.77 bits per heavy atom. The lowest BCUT2D eigenvalue weighted by molar-refractivity contribution is -0.137. The van der Waals surface area contributed by atoms with Crippen LogP contribution in [0.3, 0.4) is 0 Å². The van der Waals surface area contributed by atoms with Gasteiger partial charge in [0.15, 0.2) is 0 Å². The van der Waals surface area contributed by atoms with E-state index in [1.165, 1.54) is 0 Å². The van der Waals surface area contributed by atoms with Gasteiger partial charge in [0, 0.05) is 31.4 Å². The topological polar surface area (TPSA) is 80.1 Å². The molecule has 0 aliphatic carbocycles. The molecule has 0 spiro atoms. The number of hydrogen-bond acceptors (Lipinski definition) is 4. The first-order chi connectivity index (χ1) is 12.5. The minimum Gasteiger partial charge on any atom is -0.350 e. The SMILES string of the molecule is CC(C)C(=O)N1CCn2cc(CC(=O)NCc3ccccn3)nc2[C@@H]1C. The van der Waals surface area contributed by atoms with Crippen molar-refractivity contribution in [3.05, 3.63) is 47.8 Å². The summed E-state index contributed by atoms with van der Waals surface area (Å²) in [7, 11) is 0. The number of nitrogens with one attached hydrogen (secondary N) is 1. The van der Waals surface area contributed by atoms with Crippen LogP contribution in [-0.4, -0.2) is 37.8 Å². The minimum atomic E-state index is -0.0890. The standard InChI is InChI=1S/C19H25N5O2/c1-13(2)19(26)24-9-8-23-12-16(22-18(23)14(24)3)10-17(25)21-11-15-6-4-5-7-20-15/h4-7,12-14H,8-11H2,1-3H3,(H,21,25)/t14-/m0/s1. The van der Waals surface area contributed by atoms with Crippen molar-refractivity contribution in [3.8, 4) is 0 Å². The summed E-state index contributed by atoms with van der Waals surface area (Å²) in [6, 6.07) is 5.53. The van der Waals surface area contributed by atoms with Gasteiger partial charge in [-0.05, 0) is 19.1 Å². The van der Waals surface area contributed by atoms with E-state index in [0.29, 0.717) is 19.6 Å². The Kier molecular flexibility index (Phi) is 5.35. The van der Waals surface area contributed by atoms with E-state index in [2.05, 4.69) is 19.9 Å². The Bertz CT molecular complexity index is 784. The van der Waals surface area contributed by atoms with Gasteiger partial charge in [0.25, 0.3) is 0 Å². The number of carbonyl (C=O) groups excluding carboxylic acids is 2. The molecule has 0 unspecified atom stereocenters. The van der Waals surface area contributed by atoms with Crippen LogP contribution in [0.4, 0.5) is 0 Å². The van der Waals surface area contributed by atoms with Crippen LogP contribution in [0.1, 0.15) is 44.0 Å². The van der Waals surface area contributed by atoms with Crippen molar-refractivity contribution in [2.24, 2.45) is 5.92 Å². The molecule has 0 bridgehead atoms.